The van der Waals surface area contributed by atoms with Crippen molar-refractivity contribution in [1.29, 1.82) is 5.26 Å². The van der Waals surface area contributed by atoms with E-state index >= 15 is 0 Å². The van der Waals surface area contributed by atoms with E-state index in [1.165, 1.54) is 18.2 Å². The number of aliphatic hydroxyl groups excluding tert-OH is 1. The smallest absolute Gasteiger partial charge is 0.396 e. The molecule has 1 rings (SSSR count). The van der Waals surface area contributed by atoms with E-state index in [4.69, 9.17) is 14.6 Å². The quantitative estimate of drug-likeness (QED) is 0.820. The van der Waals surface area contributed by atoms with E-state index in [0.29, 0.717) is 0 Å². The summed E-state index contributed by atoms with van der Waals surface area (Å²) in [6, 6.07) is 7.02. The summed E-state index contributed by atoms with van der Waals surface area (Å²) in [4.78, 5) is 0. The standard InChI is InChI=1S/C12H12F3NO.Cl2OS/c13-12(14,15)11-6-2-1-5-10(11)9(8-17)4-3-7-16;1-4(2)3/h1-2,5-6,9,17H,3-4,8H2;. The first-order valence-corrected chi connectivity index (χ1v) is 8.42. The van der Waals surface area contributed by atoms with E-state index in [1.54, 1.807) is 0 Å². The first kappa shape index (κ1) is 20.2. The van der Waals surface area contributed by atoms with Gasteiger partial charge in [-0.1, -0.05) is 18.2 Å². The highest BCUT2D eigenvalue weighted by molar-refractivity contribution is 8.26. The van der Waals surface area contributed by atoms with Crippen LogP contribution < -0.4 is 0 Å². The van der Waals surface area contributed by atoms with E-state index < -0.39 is 33.5 Å². The molecule has 0 aromatic heterocycles. The summed E-state index contributed by atoms with van der Waals surface area (Å²) in [5, 5.41) is 17.6. The van der Waals surface area contributed by atoms with Crippen LogP contribution in [0.25, 0.3) is 0 Å². The fourth-order valence-electron chi connectivity index (χ4n) is 1.70. The number of rotatable bonds is 4. The Kier molecular flexibility index (Phi) is 9.62. The van der Waals surface area contributed by atoms with Crippen LogP contribution in [-0.4, -0.2) is 15.9 Å². The number of hydrogen-bond acceptors (Lipinski definition) is 3. The molecule has 0 spiro atoms. The van der Waals surface area contributed by atoms with Crippen LogP contribution in [0, 0.1) is 11.3 Å². The second-order valence-corrected chi connectivity index (χ2v) is 6.37. The summed E-state index contributed by atoms with van der Waals surface area (Å²) in [6.45, 7) is -0.394. The van der Waals surface area contributed by atoms with Crippen LogP contribution in [-0.2, 0) is 15.4 Å². The van der Waals surface area contributed by atoms with Gasteiger partial charge in [0.1, 0.15) is 0 Å². The van der Waals surface area contributed by atoms with Crippen LogP contribution in [0.5, 0.6) is 0 Å². The maximum Gasteiger partial charge on any atom is 0.416 e. The largest absolute Gasteiger partial charge is 0.416 e. The van der Waals surface area contributed by atoms with Crippen LogP contribution >= 0.6 is 21.4 Å². The Hall–Kier alpha value is -0.810. The molecule has 0 amide bonds. The Balaban J connectivity index is 0.000000885. The molecule has 0 aliphatic carbocycles. The molecule has 0 heterocycles. The van der Waals surface area contributed by atoms with E-state index in [9.17, 15) is 13.2 Å². The van der Waals surface area contributed by atoms with Crippen molar-refractivity contribution in [2.45, 2.75) is 24.9 Å². The third-order valence-corrected chi connectivity index (χ3v) is 2.53. The van der Waals surface area contributed by atoms with Crippen LogP contribution in [0.3, 0.4) is 0 Å². The average molecular weight is 362 g/mol. The molecule has 118 valence electrons. The lowest BCUT2D eigenvalue weighted by atomic mass is 9.91. The number of aliphatic hydroxyl groups is 1. The van der Waals surface area contributed by atoms with Gasteiger partial charge in [-0.15, -0.1) is 0 Å². The van der Waals surface area contributed by atoms with Gasteiger partial charge in [0.2, 0.25) is 9.23 Å². The van der Waals surface area contributed by atoms with Gasteiger partial charge in [-0.2, -0.15) is 18.4 Å². The van der Waals surface area contributed by atoms with Crippen molar-refractivity contribution in [3.05, 3.63) is 35.4 Å². The molecule has 3 nitrogen and oxygen atoms in total. The van der Waals surface area contributed by atoms with Gasteiger partial charge >= 0.3 is 6.18 Å². The van der Waals surface area contributed by atoms with Gasteiger partial charge in [-0.25, -0.2) is 4.21 Å². The van der Waals surface area contributed by atoms with Crippen LogP contribution in [0.2, 0.25) is 0 Å². The monoisotopic (exact) mass is 361 g/mol. The zero-order valence-electron chi connectivity index (χ0n) is 10.6. The van der Waals surface area contributed by atoms with Crippen molar-refractivity contribution in [2.75, 3.05) is 6.61 Å². The lowest BCUT2D eigenvalue weighted by molar-refractivity contribution is -0.138. The second-order valence-electron chi connectivity index (χ2n) is 3.85. The predicted octanol–water partition coefficient (Wildman–Crippen LogP) is 4.13. The lowest BCUT2D eigenvalue weighted by Gasteiger charge is -2.18. The molecule has 0 saturated heterocycles. The Morgan fingerprint density at radius 1 is 1.33 bits per heavy atom. The average Bonchev–Trinajstić information content (AvgIpc) is 2.38. The highest BCUT2D eigenvalue weighted by Gasteiger charge is 2.34. The molecule has 0 bridgehead atoms. The molecule has 21 heavy (non-hydrogen) atoms. The summed E-state index contributed by atoms with van der Waals surface area (Å²) in [6.07, 6.45) is -4.09. The predicted molar refractivity (Wildman–Crippen MR) is 76.0 cm³/mol. The summed E-state index contributed by atoms with van der Waals surface area (Å²) >= 11 is 0. The SMILES string of the molecule is N#CCCC(CO)c1ccccc1C(F)(F)F.O=S(Cl)Cl. The third kappa shape index (κ3) is 8.27. The van der Waals surface area contributed by atoms with Gasteiger partial charge in [-0.3, -0.25) is 0 Å². The van der Waals surface area contributed by atoms with Crippen LogP contribution in [0.4, 0.5) is 13.2 Å². The van der Waals surface area contributed by atoms with Crippen molar-refractivity contribution in [1.82, 2.24) is 0 Å². The van der Waals surface area contributed by atoms with Crippen molar-refractivity contribution >= 4 is 30.6 Å². The van der Waals surface area contributed by atoms with E-state index in [0.717, 1.165) is 6.07 Å². The molecule has 1 N–H and O–H groups in total. The molecule has 1 atom stereocenters. The van der Waals surface area contributed by atoms with Crippen LogP contribution in [0.1, 0.15) is 29.9 Å². The second kappa shape index (κ2) is 10.0. The number of alkyl halides is 3. The molecule has 0 radical (unpaired) electrons. The minimum absolute atomic E-state index is 0.0535. The van der Waals surface area contributed by atoms with Gasteiger partial charge in [0.05, 0.1) is 11.6 Å². The van der Waals surface area contributed by atoms with Crippen LogP contribution in [0.15, 0.2) is 24.3 Å². The highest BCUT2D eigenvalue weighted by atomic mass is 36.0. The Morgan fingerprint density at radius 3 is 2.29 bits per heavy atom. The van der Waals surface area contributed by atoms with Crippen molar-refractivity contribution in [3.63, 3.8) is 0 Å². The molecule has 1 aromatic rings. The van der Waals surface area contributed by atoms with Gasteiger partial charge < -0.3 is 5.11 Å². The van der Waals surface area contributed by atoms with Gasteiger partial charge in [0, 0.05) is 40.3 Å². The van der Waals surface area contributed by atoms with Crippen molar-refractivity contribution < 1.29 is 22.5 Å². The van der Waals surface area contributed by atoms with E-state index in [2.05, 4.69) is 21.4 Å². The first-order chi connectivity index (χ1) is 9.73. The molecule has 0 aliphatic rings. The summed E-state index contributed by atoms with van der Waals surface area (Å²) in [5.41, 5.74) is -0.685. The van der Waals surface area contributed by atoms with Crippen molar-refractivity contribution in [2.24, 2.45) is 0 Å². The molecule has 0 fully saturated rings. The fraction of sp³-hybridized carbons (Fsp3) is 0.417. The third-order valence-electron chi connectivity index (χ3n) is 2.53. The summed E-state index contributed by atoms with van der Waals surface area (Å²) in [5.74, 6) is -0.646. The number of nitriles is 1. The zero-order chi connectivity index (χ0) is 16.5. The molecular formula is C12H12Cl2F3NO2S. The van der Waals surface area contributed by atoms with E-state index in [-0.39, 0.29) is 18.4 Å². The van der Waals surface area contributed by atoms with Gasteiger partial charge in [0.15, 0.2) is 0 Å². The number of halogens is 5. The van der Waals surface area contributed by atoms with Gasteiger partial charge in [-0.05, 0) is 18.1 Å². The van der Waals surface area contributed by atoms with E-state index in [1.807, 2.05) is 6.07 Å². The van der Waals surface area contributed by atoms with Gasteiger partial charge in [0.25, 0.3) is 0 Å². The minimum atomic E-state index is -4.43. The molecule has 0 saturated carbocycles. The minimum Gasteiger partial charge on any atom is -0.396 e. The maximum absolute atomic E-state index is 12.7. The maximum atomic E-state index is 12.7. The zero-order valence-corrected chi connectivity index (χ0v) is 12.9. The molecule has 9 heteroatoms. The first-order valence-electron chi connectivity index (χ1n) is 5.62. The summed E-state index contributed by atoms with van der Waals surface area (Å²) in [7, 11) is 7.36. The number of nitrogens with zero attached hydrogens (tertiary/aromatic N) is 1. The highest BCUT2D eigenvalue weighted by Crippen LogP contribution is 2.36. The van der Waals surface area contributed by atoms with Crippen molar-refractivity contribution in [3.8, 4) is 6.07 Å². The molecule has 0 aliphatic heterocycles. The normalized spacial score (nSPS) is 12.3. The Labute approximate surface area is 131 Å². The molecular weight excluding hydrogens is 350 g/mol. The Morgan fingerprint density at radius 2 is 1.86 bits per heavy atom. The lowest BCUT2D eigenvalue weighted by Crippen LogP contribution is -2.14. The fourth-order valence-corrected chi connectivity index (χ4v) is 1.70. The topological polar surface area (TPSA) is 61.1 Å². The molecule has 1 aromatic carbocycles. The Bertz CT molecular complexity index is 502. The number of hydrogen-bond donors (Lipinski definition) is 1. The number of benzene rings is 1. The molecule has 1 unspecified atom stereocenters. The summed E-state index contributed by atoms with van der Waals surface area (Å²) < 4.78 is 47.2.